The molecule has 0 aliphatic heterocycles. The van der Waals surface area contributed by atoms with Crippen LogP contribution in [-0.2, 0) is 20.9 Å². The van der Waals surface area contributed by atoms with Gasteiger partial charge in [-0.05, 0) is 24.6 Å². The molecular formula is C22H28N6O3. The Morgan fingerprint density at radius 2 is 2.06 bits per heavy atom. The Kier molecular flexibility index (Phi) is 8.05. The van der Waals surface area contributed by atoms with Crippen molar-refractivity contribution in [2.45, 2.75) is 32.4 Å². The molecule has 0 saturated heterocycles. The van der Waals surface area contributed by atoms with Crippen molar-refractivity contribution in [1.82, 2.24) is 30.2 Å². The third-order valence-corrected chi connectivity index (χ3v) is 4.94. The fraction of sp³-hybridized carbons (Fsp3) is 0.409. The van der Waals surface area contributed by atoms with E-state index in [1.54, 1.807) is 35.2 Å². The molecule has 2 aromatic heterocycles. The number of ether oxygens (including phenoxy) is 1. The number of nitrogens with zero attached hydrogens (tertiary/aromatic N) is 5. The van der Waals surface area contributed by atoms with Crippen LogP contribution in [0.5, 0.6) is 0 Å². The summed E-state index contributed by atoms with van der Waals surface area (Å²) in [7, 11) is 1.57. The average Bonchev–Trinajstić information content (AvgIpc) is 3.20. The number of rotatable bonds is 11. The quantitative estimate of drug-likeness (QED) is 0.472. The predicted molar refractivity (Wildman–Crippen MR) is 116 cm³/mol. The largest absolute Gasteiger partial charge is 0.383 e. The van der Waals surface area contributed by atoms with Gasteiger partial charge >= 0.3 is 0 Å². The number of nitrogens with one attached hydrogen (secondary N) is 1. The molecule has 1 atom stereocenters. The lowest BCUT2D eigenvalue weighted by Crippen LogP contribution is -2.46. The van der Waals surface area contributed by atoms with Crippen molar-refractivity contribution < 1.29 is 14.3 Å². The van der Waals surface area contributed by atoms with Crippen LogP contribution in [-0.4, -0.2) is 63.5 Å². The first-order valence-electron chi connectivity index (χ1n) is 10.4. The first-order chi connectivity index (χ1) is 15.2. The topological polar surface area (TPSA) is 102 Å². The fourth-order valence-electron chi connectivity index (χ4n) is 3.36. The molecule has 1 aromatic carbocycles. The number of methoxy groups -OCH3 is 1. The molecule has 0 fully saturated rings. The molecule has 0 bridgehead atoms. The monoisotopic (exact) mass is 424 g/mol. The summed E-state index contributed by atoms with van der Waals surface area (Å²) in [5, 5.41) is 11.1. The number of benzene rings is 1. The zero-order valence-corrected chi connectivity index (χ0v) is 17.9. The van der Waals surface area contributed by atoms with Crippen molar-refractivity contribution in [2.75, 3.05) is 26.8 Å². The molecule has 1 N–H and O–H groups in total. The van der Waals surface area contributed by atoms with Crippen molar-refractivity contribution in [2.24, 2.45) is 0 Å². The van der Waals surface area contributed by atoms with Crippen molar-refractivity contribution >= 4 is 22.8 Å². The number of hydrogen-bond acceptors (Lipinski definition) is 6. The Morgan fingerprint density at radius 1 is 1.23 bits per heavy atom. The van der Waals surface area contributed by atoms with Gasteiger partial charge in [0.25, 0.3) is 0 Å². The number of pyridine rings is 1. The van der Waals surface area contributed by atoms with Gasteiger partial charge in [0.2, 0.25) is 11.8 Å². The van der Waals surface area contributed by atoms with E-state index in [-0.39, 0.29) is 18.4 Å². The lowest BCUT2D eigenvalue weighted by atomic mass is 10.1. The Morgan fingerprint density at radius 3 is 2.81 bits per heavy atom. The standard InChI is InChI=1S/C22H28N6O3/c1-3-4-13-27(20(29)16-28-19-10-6-5-9-18(19)25-26-28)21(17-8-7-11-23-15-17)22(30)24-12-14-31-2/h5-11,15,21H,3-4,12-14,16H2,1-2H3,(H,24,30)/t21-/m1/s1. The number of carbonyl (C=O) groups is 2. The second-order valence-corrected chi connectivity index (χ2v) is 7.15. The first-order valence-corrected chi connectivity index (χ1v) is 10.4. The van der Waals surface area contributed by atoms with Gasteiger partial charge in [-0.15, -0.1) is 5.10 Å². The molecular weight excluding hydrogens is 396 g/mol. The average molecular weight is 425 g/mol. The summed E-state index contributed by atoms with van der Waals surface area (Å²) in [5.41, 5.74) is 2.15. The molecule has 0 radical (unpaired) electrons. The van der Waals surface area contributed by atoms with E-state index in [0.717, 1.165) is 23.9 Å². The maximum atomic E-state index is 13.4. The van der Waals surface area contributed by atoms with Crippen molar-refractivity contribution in [1.29, 1.82) is 0 Å². The smallest absolute Gasteiger partial charge is 0.247 e. The van der Waals surface area contributed by atoms with E-state index in [1.165, 1.54) is 0 Å². The van der Waals surface area contributed by atoms with E-state index in [0.29, 0.717) is 25.3 Å². The summed E-state index contributed by atoms with van der Waals surface area (Å²) in [6.07, 6.45) is 4.92. The molecule has 0 saturated carbocycles. The van der Waals surface area contributed by atoms with E-state index in [9.17, 15) is 9.59 Å². The second-order valence-electron chi connectivity index (χ2n) is 7.15. The number of aromatic nitrogens is 4. The van der Waals surface area contributed by atoms with Crippen LogP contribution in [0.25, 0.3) is 11.0 Å². The highest BCUT2D eigenvalue weighted by Gasteiger charge is 2.31. The van der Waals surface area contributed by atoms with Gasteiger partial charge in [0.1, 0.15) is 18.1 Å². The summed E-state index contributed by atoms with van der Waals surface area (Å²) in [6.45, 7) is 3.23. The fourth-order valence-corrected chi connectivity index (χ4v) is 3.36. The molecule has 0 aliphatic rings. The molecule has 2 amide bonds. The van der Waals surface area contributed by atoms with Crippen LogP contribution < -0.4 is 5.32 Å². The van der Waals surface area contributed by atoms with Crippen LogP contribution >= 0.6 is 0 Å². The van der Waals surface area contributed by atoms with Crippen LogP contribution in [0.4, 0.5) is 0 Å². The van der Waals surface area contributed by atoms with Gasteiger partial charge in [-0.25, -0.2) is 4.68 Å². The number of amides is 2. The number of unbranched alkanes of at least 4 members (excludes halogenated alkanes) is 1. The summed E-state index contributed by atoms with van der Waals surface area (Å²) >= 11 is 0. The van der Waals surface area contributed by atoms with Crippen LogP contribution in [0, 0.1) is 0 Å². The third kappa shape index (κ3) is 5.64. The molecule has 31 heavy (non-hydrogen) atoms. The third-order valence-electron chi connectivity index (χ3n) is 4.94. The molecule has 0 aliphatic carbocycles. The highest BCUT2D eigenvalue weighted by molar-refractivity contribution is 5.89. The Labute approximate surface area is 181 Å². The summed E-state index contributed by atoms with van der Waals surface area (Å²) in [5.74, 6) is -0.474. The van der Waals surface area contributed by atoms with Crippen molar-refractivity contribution in [3.05, 3.63) is 54.4 Å². The van der Waals surface area contributed by atoms with Crippen LogP contribution in [0.15, 0.2) is 48.8 Å². The number of carbonyl (C=O) groups excluding carboxylic acids is 2. The van der Waals surface area contributed by atoms with Crippen LogP contribution in [0.2, 0.25) is 0 Å². The minimum Gasteiger partial charge on any atom is -0.383 e. The highest BCUT2D eigenvalue weighted by Crippen LogP contribution is 2.22. The predicted octanol–water partition coefficient (Wildman–Crippen LogP) is 1.96. The molecule has 2 heterocycles. The highest BCUT2D eigenvalue weighted by atomic mass is 16.5. The molecule has 3 rings (SSSR count). The van der Waals surface area contributed by atoms with E-state index in [1.807, 2.05) is 37.3 Å². The molecule has 9 nitrogen and oxygen atoms in total. The summed E-state index contributed by atoms with van der Waals surface area (Å²) < 4.78 is 6.60. The zero-order valence-electron chi connectivity index (χ0n) is 17.9. The molecule has 0 spiro atoms. The van der Waals surface area contributed by atoms with Crippen LogP contribution in [0.1, 0.15) is 31.4 Å². The summed E-state index contributed by atoms with van der Waals surface area (Å²) in [4.78, 5) is 32.3. The Balaban J connectivity index is 1.89. The van der Waals surface area contributed by atoms with Crippen molar-refractivity contribution in [3.8, 4) is 0 Å². The minimum atomic E-state index is -0.792. The van der Waals surface area contributed by atoms with Gasteiger partial charge in [-0.3, -0.25) is 14.6 Å². The summed E-state index contributed by atoms with van der Waals surface area (Å²) in [6, 6.07) is 10.2. The Bertz CT molecular complexity index is 991. The van der Waals surface area contributed by atoms with E-state index < -0.39 is 6.04 Å². The van der Waals surface area contributed by atoms with Gasteiger partial charge in [0, 0.05) is 38.2 Å². The number of hydrogen-bond donors (Lipinski definition) is 1. The SMILES string of the molecule is CCCCN(C(=O)Cn1nnc2ccccc21)[C@@H](C(=O)NCCOC)c1cccnc1. The van der Waals surface area contributed by atoms with Crippen LogP contribution in [0.3, 0.4) is 0 Å². The first kappa shape index (κ1) is 22.4. The molecule has 9 heteroatoms. The zero-order chi connectivity index (χ0) is 22.1. The van der Waals surface area contributed by atoms with Crippen molar-refractivity contribution in [3.63, 3.8) is 0 Å². The molecule has 3 aromatic rings. The number of fused-ring (bicyclic) bond motifs is 1. The van der Waals surface area contributed by atoms with Gasteiger partial charge in [0.15, 0.2) is 0 Å². The molecule has 0 unspecified atom stereocenters. The van der Waals surface area contributed by atoms with Gasteiger partial charge < -0.3 is 15.0 Å². The number of para-hydroxylation sites is 1. The van der Waals surface area contributed by atoms with E-state index in [4.69, 9.17) is 4.74 Å². The van der Waals surface area contributed by atoms with Gasteiger partial charge in [-0.1, -0.05) is 36.8 Å². The lowest BCUT2D eigenvalue weighted by Gasteiger charge is -2.31. The van der Waals surface area contributed by atoms with Gasteiger partial charge in [-0.2, -0.15) is 0 Å². The second kappa shape index (κ2) is 11.2. The molecule has 164 valence electrons. The Hall–Kier alpha value is -3.33. The van der Waals surface area contributed by atoms with E-state index in [2.05, 4.69) is 20.6 Å². The minimum absolute atomic E-state index is 0.00760. The normalized spacial score (nSPS) is 11.9. The maximum Gasteiger partial charge on any atom is 0.247 e. The van der Waals surface area contributed by atoms with E-state index >= 15 is 0 Å². The maximum absolute atomic E-state index is 13.4. The van der Waals surface area contributed by atoms with Gasteiger partial charge in [0.05, 0.1) is 12.1 Å². The lowest BCUT2D eigenvalue weighted by molar-refractivity contribution is -0.141.